The third-order valence-electron chi connectivity index (χ3n) is 8.42. The zero-order chi connectivity index (χ0) is 35.8. The van der Waals surface area contributed by atoms with Crippen LogP contribution in [0.5, 0.6) is 5.75 Å². The molecular weight excluding hydrogens is 646 g/mol. The van der Waals surface area contributed by atoms with Gasteiger partial charge < -0.3 is 29.7 Å². The fraction of sp³-hybridized carbons (Fsp3) is 0.300. The normalized spacial score (nSPS) is 11.9. The predicted molar refractivity (Wildman–Crippen MR) is 196 cm³/mol. The van der Waals surface area contributed by atoms with E-state index in [4.69, 9.17) is 15.2 Å². The first-order valence-corrected chi connectivity index (χ1v) is 17.2. The number of guanidine groups is 1. The van der Waals surface area contributed by atoms with Crippen molar-refractivity contribution >= 4 is 35.3 Å². The molecule has 4 aromatic rings. The Kier molecular flexibility index (Phi) is 13.4. The average molecular weight is 692 g/mol. The number of amides is 2. The fourth-order valence-electron chi connectivity index (χ4n) is 5.74. The average Bonchev–Trinajstić information content (AvgIpc) is 3.14. The van der Waals surface area contributed by atoms with E-state index in [9.17, 15) is 14.4 Å². The van der Waals surface area contributed by atoms with E-state index in [1.54, 1.807) is 29.2 Å². The third kappa shape index (κ3) is 11.4. The Morgan fingerprint density at radius 3 is 2.20 bits per heavy atom. The van der Waals surface area contributed by atoms with Gasteiger partial charge in [0, 0.05) is 30.8 Å². The lowest BCUT2D eigenvalue weighted by molar-refractivity contribution is -0.145. The van der Waals surface area contributed by atoms with Crippen molar-refractivity contribution in [3.05, 3.63) is 125 Å². The number of nitrogens with two attached hydrogens (primary N) is 1. The summed E-state index contributed by atoms with van der Waals surface area (Å²) in [6.07, 6.45) is 3.43. The molecule has 0 radical (unpaired) electrons. The molecule has 0 unspecified atom stereocenters. The number of aliphatic imine (C=N–C) groups is 1. The summed E-state index contributed by atoms with van der Waals surface area (Å²) in [5.41, 5.74) is 11.2. The van der Waals surface area contributed by atoms with Crippen molar-refractivity contribution in [2.75, 3.05) is 25.6 Å². The van der Waals surface area contributed by atoms with Crippen LogP contribution in [0.4, 0.5) is 16.2 Å². The summed E-state index contributed by atoms with van der Waals surface area (Å²) < 4.78 is 16.3. The van der Waals surface area contributed by atoms with Crippen LogP contribution in [0.25, 0.3) is 0 Å². The maximum Gasteiger partial charge on any atom is 0.411 e. The lowest BCUT2D eigenvalue weighted by Crippen LogP contribution is -2.42. The highest BCUT2D eigenvalue weighted by Crippen LogP contribution is 2.33. The van der Waals surface area contributed by atoms with Crippen molar-refractivity contribution in [1.82, 2.24) is 9.80 Å². The van der Waals surface area contributed by atoms with Crippen LogP contribution in [0.15, 0.2) is 108 Å². The van der Waals surface area contributed by atoms with Crippen LogP contribution in [0, 0.1) is 0 Å². The largest absolute Gasteiger partial charge is 0.493 e. The van der Waals surface area contributed by atoms with Crippen molar-refractivity contribution in [2.45, 2.75) is 58.3 Å². The highest BCUT2D eigenvalue weighted by Gasteiger charge is 2.23. The van der Waals surface area contributed by atoms with E-state index >= 15 is 0 Å². The number of ether oxygens (including phenoxy) is 3. The molecule has 51 heavy (non-hydrogen) atoms. The number of unbranched alkanes of at least 4 members (excludes halogenated alkanes) is 3. The molecule has 2 amide bonds. The standard InChI is InChI=1S/C40H45N5O6/c1-49-40(48)42-33-19-12-18-32(24-33)29-51-38(47)28-45-27-34-35(43-39(45)41)20-13-21-36(34)50-23-11-3-2-10-22-37(46)44(25-30-14-6-4-7-15-30)26-31-16-8-5-9-17-31/h4-9,12-21,24H,2-3,10-11,22-23,25-29H2,1H3,(H2,41,43)(H,42,48). The molecule has 1 aliphatic heterocycles. The van der Waals surface area contributed by atoms with Gasteiger partial charge in [-0.05, 0) is 53.8 Å². The predicted octanol–water partition coefficient (Wildman–Crippen LogP) is 6.93. The Bertz CT molecular complexity index is 1740. The minimum Gasteiger partial charge on any atom is -0.493 e. The Balaban J connectivity index is 1.05. The minimum atomic E-state index is -0.586. The molecular formula is C40H45N5O6. The molecule has 0 saturated carbocycles. The highest BCUT2D eigenvalue weighted by atomic mass is 16.5. The van der Waals surface area contributed by atoms with Gasteiger partial charge in [0.15, 0.2) is 5.96 Å². The number of esters is 1. The first kappa shape index (κ1) is 36.4. The van der Waals surface area contributed by atoms with Crippen LogP contribution >= 0.6 is 0 Å². The summed E-state index contributed by atoms with van der Waals surface area (Å²) in [7, 11) is 1.28. The molecule has 0 bridgehead atoms. The molecule has 0 saturated heterocycles. The number of carbonyl (C=O) groups excluding carboxylic acids is 3. The Morgan fingerprint density at radius 2 is 1.49 bits per heavy atom. The van der Waals surface area contributed by atoms with E-state index in [0.29, 0.717) is 55.3 Å². The van der Waals surface area contributed by atoms with Crippen molar-refractivity contribution in [2.24, 2.45) is 10.7 Å². The van der Waals surface area contributed by atoms with Gasteiger partial charge in [-0.25, -0.2) is 9.79 Å². The number of hydrogen-bond acceptors (Lipinski definition) is 9. The smallest absolute Gasteiger partial charge is 0.411 e. The molecule has 0 aromatic heterocycles. The minimum absolute atomic E-state index is 0.0269. The van der Waals surface area contributed by atoms with Gasteiger partial charge in [-0.2, -0.15) is 0 Å². The Morgan fingerprint density at radius 1 is 0.824 bits per heavy atom. The summed E-state index contributed by atoms with van der Waals surface area (Å²) in [5.74, 6) is 0.611. The maximum atomic E-state index is 13.3. The summed E-state index contributed by atoms with van der Waals surface area (Å²) in [6.45, 7) is 1.98. The SMILES string of the molecule is COC(=O)Nc1cccc(COC(=O)CN2Cc3c(cccc3OCCCCCCC(=O)N(Cc3ccccc3)Cc3ccccc3)N=C2N)c1. The van der Waals surface area contributed by atoms with Crippen LogP contribution in [0.2, 0.25) is 0 Å². The van der Waals surface area contributed by atoms with E-state index in [-0.39, 0.29) is 25.0 Å². The van der Waals surface area contributed by atoms with Gasteiger partial charge in [0.1, 0.15) is 18.9 Å². The second-order valence-corrected chi connectivity index (χ2v) is 12.3. The molecule has 5 rings (SSSR count). The maximum absolute atomic E-state index is 13.3. The fourth-order valence-corrected chi connectivity index (χ4v) is 5.74. The van der Waals surface area contributed by atoms with Gasteiger partial charge in [-0.15, -0.1) is 0 Å². The lowest BCUT2D eigenvalue weighted by atomic mass is 10.1. The molecule has 0 atom stereocenters. The molecule has 0 fully saturated rings. The quantitative estimate of drug-likeness (QED) is 0.0899. The van der Waals surface area contributed by atoms with Crippen LogP contribution < -0.4 is 15.8 Å². The van der Waals surface area contributed by atoms with Crippen molar-refractivity contribution in [3.8, 4) is 5.75 Å². The summed E-state index contributed by atoms with van der Waals surface area (Å²) >= 11 is 0. The zero-order valence-corrected chi connectivity index (χ0v) is 29.0. The van der Waals surface area contributed by atoms with Crippen molar-refractivity contribution in [1.29, 1.82) is 0 Å². The summed E-state index contributed by atoms with van der Waals surface area (Å²) in [6, 6.07) is 32.8. The van der Waals surface area contributed by atoms with Crippen molar-refractivity contribution < 1.29 is 28.6 Å². The lowest BCUT2D eigenvalue weighted by Gasteiger charge is -2.28. The summed E-state index contributed by atoms with van der Waals surface area (Å²) in [4.78, 5) is 45.6. The van der Waals surface area contributed by atoms with Crippen LogP contribution in [-0.2, 0) is 45.3 Å². The molecule has 266 valence electrons. The zero-order valence-electron chi connectivity index (χ0n) is 29.0. The van der Waals surface area contributed by atoms with E-state index in [0.717, 1.165) is 42.4 Å². The molecule has 4 aromatic carbocycles. The number of methoxy groups -OCH3 is 1. The van der Waals surface area contributed by atoms with Crippen LogP contribution in [0.1, 0.15) is 54.4 Å². The second-order valence-electron chi connectivity index (χ2n) is 12.3. The topological polar surface area (TPSA) is 136 Å². The number of benzene rings is 4. The molecule has 1 heterocycles. The number of nitrogens with one attached hydrogen (secondary N) is 1. The van der Waals surface area contributed by atoms with Crippen molar-refractivity contribution in [3.63, 3.8) is 0 Å². The Hall–Kier alpha value is -5.84. The molecule has 0 aliphatic carbocycles. The molecule has 1 aliphatic rings. The highest BCUT2D eigenvalue weighted by molar-refractivity contribution is 5.87. The molecule has 11 heteroatoms. The first-order chi connectivity index (χ1) is 24.9. The van der Waals surface area contributed by atoms with E-state index in [1.807, 2.05) is 59.5 Å². The van der Waals surface area contributed by atoms with E-state index in [1.165, 1.54) is 7.11 Å². The van der Waals surface area contributed by atoms with Crippen LogP contribution in [-0.4, -0.2) is 54.0 Å². The molecule has 3 N–H and O–H groups in total. The van der Waals surface area contributed by atoms with Gasteiger partial charge in [-0.3, -0.25) is 14.9 Å². The van der Waals surface area contributed by atoms with Crippen LogP contribution in [0.3, 0.4) is 0 Å². The first-order valence-electron chi connectivity index (χ1n) is 17.2. The van der Waals surface area contributed by atoms with Gasteiger partial charge in [0.05, 0.1) is 25.9 Å². The monoisotopic (exact) mass is 691 g/mol. The third-order valence-corrected chi connectivity index (χ3v) is 8.42. The van der Waals surface area contributed by atoms with Gasteiger partial charge in [0.2, 0.25) is 5.91 Å². The van der Waals surface area contributed by atoms with Gasteiger partial charge in [-0.1, -0.05) is 91.7 Å². The van der Waals surface area contributed by atoms with Gasteiger partial charge >= 0.3 is 12.1 Å². The van der Waals surface area contributed by atoms with Gasteiger partial charge in [0.25, 0.3) is 0 Å². The Labute approximate surface area is 299 Å². The number of rotatable bonds is 17. The number of hydrogen-bond donors (Lipinski definition) is 2. The molecule has 11 nitrogen and oxygen atoms in total. The number of fused-ring (bicyclic) bond motifs is 1. The van der Waals surface area contributed by atoms with E-state index in [2.05, 4.69) is 39.3 Å². The number of anilines is 1. The number of carbonyl (C=O) groups is 3. The second kappa shape index (κ2) is 18.8. The van der Waals surface area contributed by atoms with E-state index < -0.39 is 12.1 Å². The summed E-state index contributed by atoms with van der Waals surface area (Å²) in [5, 5.41) is 2.59. The molecule has 0 spiro atoms. The number of nitrogens with zero attached hydrogens (tertiary/aromatic N) is 3.